The maximum absolute atomic E-state index is 6.27. The predicted octanol–water partition coefficient (Wildman–Crippen LogP) is 4.42. The minimum Gasteiger partial charge on any atom is -0.316 e. The summed E-state index contributed by atoms with van der Waals surface area (Å²) in [5, 5.41) is 4.43. The highest BCUT2D eigenvalue weighted by Gasteiger charge is 2.42. The summed E-state index contributed by atoms with van der Waals surface area (Å²) < 4.78 is 1.06. The van der Waals surface area contributed by atoms with Gasteiger partial charge < -0.3 is 5.32 Å². The van der Waals surface area contributed by atoms with Crippen LogP contribution in [0.2, 0.25) is 5.02 Å². The molecule has 1 aromatic carbocycles. The average Bonchev–Trinajstić information content (AvgIpc) is 3.03. The number of benzene rings is 1. The Morgan fingerprint density at radius 2 is 2.18 bits per heavy atom. The fourth-order valence-corrected chi connectivity index (χ4v) is 2.93. The Labute approximate surface area is 117 Å². The Hall–Kier alpha value is -0.0500. The first-order chi connectivity index (χ1) is 8.15. The molecule has 0 amide bonds. The second kappa shape index (κ2) is 5.73. The van der Waals surface area contributed by atoms with E-state index >= 15 is 0 Å². The number of halogens is 2. The molecule has 94 valence electrons. The number of rotatable bonds is 6. The van der Waals surface area contributed by atoms with Gasteiger partial charge >= 0.3 is 0 Å². The van der Waals surface area contributed by atoms with Crippen molar-refractivity contribution in [3.8, 4) is 0 Å². The van der Waals surface area contributed by atoms with Crippen LogP contribution in [0.3, 0.4) is 0 Å². The van der Waals surface area contributed by atoms with Crippen LogP contribution in [0.5, 0.6) is 0 Å². The highest BCUT2D eigenvalue weighted by atomic mass is 79.9. The van der Waals surface area contributed by atoms with Crippen molar-refractivity contribution < 1.29 is 0 Å². The number of hydrogen-bond donors (Lipinski definition) is 1. The first kappa shape index (κ1) is 13.4. The minimum absolute atomic E-state index is 0.479. The van der Waals surface area contributed by atoms with E-state index in [-0.39, 0.29) is 0 Å². The van der Waals surface area contributed by atoms with E-state index in [0.29, 0.717) is 5.41 Å². The van der Waals surface area contributed by atoms with Crippen molar-refractivity contribution in [3.63, 3.8) is 0 Å². The van der Waals surface area contributed by atoms with Crippen LogP contribution in [0.4, 0.5) is 0 Å². The molecule has 0 bridgehead atoms. The van der Waals surface area contributed by atoms with Crippen LogP contribution in [-0.4, -0.2) is 13.1 Å². The molecule has 2 rings (SSSR count). The quantitative estimate of drug-likeness (QED) is 0.766. The highest BCUT2D eigenvalue weighted by molar-refractivity contribution is 9.10. The van der Waals surface area contributed by atoms with Crippen LogP contribution in [-0.2, 0) is 6.42 Å². The van der Waals surface area contributed by atoms with Crippen LogP contribution in [0.1, 0.15) is 31.7 Å². The van der Waals surface area contributed by atoms with Gasteiger partial charge in [-0.2, -0.15) is 0 Å². The highest BCUT2D eigenvalue weighted by Crippen LogP contribution is 2.48. The van der Waals surface area contributed by atoms with Crippen LogP contribution in [0.25, 0.3) is 0 Å². The summed E-state index contributed by atoms with van der Waals surface area (Å²) in [6, 6.07) is 6.22. The Kier molecular flexibility index (Phi) is 4.51. The minimum atomic E-state index is 0.479. The molecule has 1 N–H and O–H groups in total. The first-order valence-electron chi connectivity index (χ1n) is 6.30. The largest absolute Gasteiger partial charge is 0.316 e. The molecular formula is C14H19BrClN. The molecule has 0 aliphatic heterocycles. The molecule has 0 radical (unpaired) electrons. The van der Waals surface area contributed by atoms with Crippen molar-refractivity contribution in [1.29, 1.82) is 0 Å². The smallest absolute Gasteiger partial charge is 0.0449 e. The average molecular weight is 317 g/mol. The van der Waals surface area contributed by atoms with E-state index in [1.807, 2.05) is 6.07 Å². The third-order valence-corrected chi connectivity index (χ3v) is 4.31. The molecule has 3 heteroatoms. The van der Waals surface area contributed by atoms with E-state index in [1.165, 1.54) is 24.8 Å². The molecular weight excluding hydrogens is 298 g/mol. The van der Waals surface area contributed by atoms with E-state index in [9.17, 15) is 0 Å². The number of hydrogen-bond acceptors (Lipinski definition) is 1. The Balaban J connectivity index is 1.95. The summed E-state index contributed by atoms with van der Waals surface area (Å²) in [6.07, 6.45) is 4.97. The van der Waals surface area contributed by atoms with Gasteiger partial charge in [0.2, 0.25) is 0 Å². The summed E-state index contributed by atoms with van der Waals surface area (Å²) in [5.41, 5.74) is 1.76. The maximum Gasteiger partial charge on any atom is 0.0449 e. The van der Waals surface area contributed by atoms with Gasteiger partial charge in [0.25, 0.3) is 0 Å². The van der Waals surface area contributed by atoms with Gasteiger partial charge in [-0.3, -0.25) is 0 Å². The van der Waals surface area contributed by atoms with E-state index in [2.05, 4.69) is 40.3 Å². The lowest BCUT2D eigenvalue weighted by atomic mass is 9.96. The molecule has 0 spiro atoms. The van der Waals surface area contributed by atoms with Crippen LogP contribution in [0.15, 0.2) is 22.7 Å². The third-order valence-electron chi connectivity index (χ3n) is 3.46. The molecule has 0 unspecified atom stereocenters. The van der Waals surface area contributed by atoms with Gasteiger partial charge in [0.05, 0.1) is 0 Å². The topological polar surface area (TPSA) is 12.0 Å². The van der Waals surface area contributed by atoms with Crippen LogP contribution < -0.4 is 5.32 Å². The fourth-order valence-electron chi connectivity index (χ4n) is 2.19. The van der Waals surface area contributed by atoms with E-state index in [0.717, 1.165) is 29.0 Å². The molecule has 1 nitrogen and oxygen atoms in total. The molecule has 1 fully saturated rings. The summed E-state index contributed by atoms with van der Waals surface area (Å²) in [4.78, 5) is 0. The molecule has 0 heterocycles. The number of nitrogens with one attached hydrogen (secondary N) is 1. The second-order valence-electron chi connectivity index (χ2n) is 5.09. The molecule has 1 aliphatic carbocycles. The summed E-state index contributed by atoms with van der Waals surface area (Å²) in [5.74, 6) is 0. The predicted molar refractivity (Wildman–Crippen MR) is 77.7 cm³/mol. The van der Waals surface area contributed by atoms with Crippen molar-refractivity contribution in [3.05, 3.63) is 33.3 Å². The van der Waals surface area contributed by atoms with Gasteiger partial charge in [-0.15, -0.1) is 0 Å². The fraction of sp³-hybridized carbons (Fsp3) is 0.571. The van der Waals surface area contributed by atoms with E-state index in [1.54, 1.807) is 0 Å². The van der Waals surface area contributed by atoms with Gasteiger partial charge in [-0.25, -0.2) is 0 Å². The SMILES string of the molecule is CCCNCC1(Cc2ccc(Br)cc2Cl)CC1. The zero-order valence-electron chi connectivity index (χ0n) is 10.2. The van der Waals surface area contributed by atoms with Gasteiger partial charge in [0.1, 0.15) is 0 Å². The second-order valence-corrected chi connectivity index (χ2v) is 6.41. The van der Waals surface area contributed by atoms with Crippen molar-refractivity contribution in [1.82, 2.24) is 5.32 Å². The zero-order valence-corrected chi connectivity index (χ0v) is 12.6. The lowest BCUT2D eigenvalue weighted by Crippen LogP contribution is -2.26. The third kappa shape index (κ3) is 3.70. The maximum atomic E-state index is 6.27. The standard InChI is InChI=1S/C14H19BrClN/c1-2-7-17-10-14(5-6-14)9-11-3-4-12(15)8-13(11)16/h3-4,8,17H,2,5-7,9-10H2,1H3. The Morgan fingerprint density at radius 1 is 1.41 bits per heavy atom. The summed E-state index contributed by atoms with van der Waals surface area (Å²) >= 11 is 9.72. The van der Waals surface area contributed by atoms with Crippen molar-refractivity contribution in [2.24, 2.45) is 5.41 Å². The van der Waals surface area contributed by atoms with Gasteiger partial charge in [0.15, 0.2) is 0 Å². The van der Waals surface area contributed by atoms with Gasteiger partial charge in [-0.05, 0) is 55.3 Å². The van der Waals surface area contributed by atoms with E-state index in [4.69, 9.17) is 11.6 Å². The lowest BCUT2D eigenvalue weighted by molar-refractivity contribution is 0.456. The Bertz CT molecular complexity index is 388. The molecule has 1 aliphatic rings. The zero-order chi connectivity index (χ0) is 12.3. The lowest BCUT2D eigenvalue weighted by Gasteiger charge is -2.17. The van der Waals surface area contributed by atoms with Crippen LogP contribution >= 0.6 is 27.5 Å². The van der Waals surface area contributed by atoms with Gasteiger partial charge in [0, 0.05) is 16.0 Å². The van der Waals surface area contributed by atoms with E-state index < -0.39 is 0 Å². The van der Waals surface area contributed by atoms with Gasteiger partial charge in [-0.1, -0.05) is 40.5 Å². The normalized spacial score (nSPS) is 17.1. The van der Waals surface area contributed by atoms with Crippen LogP contribution in [0, 0.1) is 5.41 Å². The molecule has 17 heavy (non-hydrogen) atoms. The molecule has 1 aromatic rings. The van der Waals surface area contributed by atoms with Crippen molar-refractivity contribution in [2.75, 3.05) is 13.1 Å². The molecule has 0 atom stereocenters. The van der Waals surface area contributed by atoms with Crippen molar-refractivity contribution >= 4 is 27.5 Å². The molecule has 0 saturated heterocycles. The summed E-state index contributed by atoms with van der Waals surface area (Å²) in [6.45, 7) is 4.46. The summed E-state index contributed by atoms with van der Waals surface area (Å²) in [7, 11) is 0. The monoisotopic (exact) mass is 315 g/mol. The molecule has 1 saturated carbocycles. The molecule has 0 aromatic heterocycles. The first-order valence-corrected chi connectivity index (χ1v) is 7.47. The Morgan fingerprint density at radius 3 is 2.76 bits per heavy atom. The van der Waals surface area contributed by atoms with Crippen molar-refractivity contribution in [2.45, 2.75) is 32.6 Å².